The van der Waals surface area contributed by atoms with Crippen LogP contribution in [0.4, 0.5) is 5.69 Å². The average molecular weight is 376 g/mol. The molecule has 1 aromatic heterocycles. The van der Waals surface area contributed by atoms with Crippen molar-refractivity contribution in [3.63, 3.8) is 0 Å². The van der Waals surface area contributed by atoms with Gasteiger partial charge in [0, 0.05) is 30.0 Å². The summed E-state index contributed by atoms with van der Waals surface area (Å²) in [7, 11) is 0. The Balaban J connectivity index is 1.97. The fourth-order valence-corrected chi connectivity index (χ4v) is 2.16. The highest BCUT2D eigenvalue weighted by atomic mass is 127. The zero-order valence-corrected chi connectivity index (χ0v) is 12.4. The van der Waals surface area contributed by atoms with Crippen LogP contribution < -0.4 is 10.9 Å². The van der Waals surface area contributed by atoms with E-state index in [1.54, 1.807) is 17.1 Å². The van der Waals surface area contributed by atoms with Crippen molar-refractivity contribution in [2.45, 2.75) is 6.54 Å². The quantitative estimate of drug-likeness (QED) is 0.836. The van der Waals surface area contributed by atoms with Crippen LogP contribution in [0.5, 0.6) is 0 Å². The molecule has 1 aromatic carbocycles. The van der Waals surface area contributed by atoms with Gasteiger partial charge in [0.25, 0.3) is 5.56 Å². The smallest absolute Gasteiger partial charge is 0.266 e. The highest BCUT2D eigenvalue weighted by molar-refractivity contribution is 14.1. The Kier molecular flexibility index (Phi) is 4.60. The Hall–Kier alpha value is -1.08. The van der Waals surface area contributed by atoms with Gasteiger partial charge in [0.05, 0.1) is 9.90 Å². The van der Waals surface area contributed by atoms with Crippen molar-refractivity contribution in [1.82, 2.24) is 9.55 Å². The van der Waals surface area contributed by atoms with E-state index in [1.165, 1.54) is 0 Å². The molecule has 0 saturated heterocycles. The molecular weight excluding hydrogens is 365 g/mol. The van der Waals surface area contributed by atoms with Crippen molar-refractivity contribution in [2.24, 2.45) is 0 Å². The Morgan fingerprint density at radius 3 is 3.06 bits per heavy atom. The van der Waals surface area contributed by atoms with E-state index in [4.69, 9.17) is 11.6 Å². The van der Waals surface area contributed by atoms with Gasteiger partial charge in [-0.05, 0) is 40.8 Å². The van der Waals surface area contributed by atoms with Crippen molar-refractivity contribution in [1.29, 1.82) is 0 Å². The molecule has 0 fully saturated rings. The largest absolute Gasteiger partial charge is 0.383 e. The number of hydrogen-bond acceptors (Lipinski definition) is 3. The van der Waals surface area contributed by atoms with Crippen LogP contribution in [0.15, 0.2) is 41.6 Å². The fourth-order valence-electron chi connectivity index (χ4n) is 1.50. The first-order valence-corrected chi connectivity index (χ1v) is 6.82. The number of halogens is 2. The maximum Gasteiger partial charge on any atom is 0.266 e. The predicted octanol–water partition coefficient (Wildman–Crippen LogP) is 2.61. The highest BCUT2D eigenvalue weighted by Crippen LogP contribution is 2.14. The molecule has 18 heavy (non-hydrogen) atoms. The Bertz CT molecular complexity index is 600. The molecular formula is C12H11ClIN3O. The maximum atomic E-state index is 11.7. The van der Waals surface area contributed by atoms with E-state index in [-0.39, 0.29) is 5.56 Å². The van der Waals surface area contributed by atoms with Gasteiger partial charge in [-0.3, -0.25) is 9.36 Å². The third-order valence-electron chi connectivity index (χ3n) is 2.37. The highest BCUT2D eigenvalue weighted by Gasteiger charge is 2.00. The minimum absolute atomic E-state index is 0.0153. The SMILES string of the molecule is O=c1c(I)cncn1CCNc1cccc(Cl)c1. The third kappa shape index (κ3) is 3.46. The van der Waals surface area contributed by atoms with E-state index >= 15 is 0 Å². The first-order chi connectivity index (χ1) is 8.66. The van der Waals surface area contributed by atoms with Gasteiger partial charge in [-0.25, -0.2) is 4.98 Å². The molecule has 1 heterocycles. The fraction of sp³-hybridized carbons (Fsp3) is 0.167. The van der Waals surface area contributed by atoms with E-state index in [1.807, 2.05) is 46.9 Å². The molecule has 0 spiro atoms. The summed E-state index contributed by atoms with van der Waals surface area (Å²) < 4.78 is 2.21. The Morgan fingerprint density at radius 2 is 2.28 bits per heavy atom. The number of hydrogen-bond donors (Lipinski definition) is 1. The van der Waals surface area contributed by atoms with E-state index in [0.717, 1.165) is 5.69 Å². The second-order valence-electron chi connectivity index (χ2n) is 3.68. The molecule has 6 heteroatoms. The summed E-state index contributed by atoms with van der Waals surface area (Å²) in [6.07, 6.45) is 3.11. The molecule has 0 radical (unpaired) electrons. The summed E-state index contributed by atoms with van der Waals surface area (Å²) in [5.41, 5.74) is 0.924. The summed E-state index contributed by atoms with van der Waals surface area (Å²) in [5.74, 6) is 0. The molecule has 1 N–H and O–H groups in total. The van der Waals surface area contributed by atoms with Crippen LogP contribution in [-0.4, -0.2) is 16.1 Å². The molecule has 2 rings (SSSR count). The molecule has 0 aliphatic rings. The van der Waals surface area contributed by atoms with Gasteiger partial charge in [-0.15, -0.1) is 0 Å². The van der Waals surface area contributed by atoms with E-state index in [0.29, 0.717) is 21.7 Å². The van der Waals surface area contributed by atoms with Crippen molar-refractivity contribution in [3.05, 3.63) is 55.7 Å². The summed E-state index contributed by atoms with van der Waals surface area (Å²) in [4.78, 5) is 15.7. The Labute approximate surface area is 123 Å². The monoisotopic (exact) mass is 375 g/mol. The molecule has 0 aliphatic heterocycles. The normalized spacial score (nSPS) is 10.3. The number of nitrogens with one attached hydrogen (secondary N) is 1. The molecule has 0 atom stereocenters. The van der Waals surface area contributed by atoms with E-state index < -0.39 is 0 Å². The van der Waals surface area contributed by atoms with Crippen LogP contribution in [0.3, 0.4) is 0 Å². The molecule has 0 aliphatic carbocycles. The predicted molar refractivity (Wildman–Crippen MR) is 81.2 cm³/mol. The molecule has 4 nitrogen and oxygen atoms in total. The van der Waals surface area contributed by atoms with Crippen LogP contribution in [0.1, 0.15) is 0 Å². The van der Waals surface area contributed by atoms with Gasteiger partial charge >= 0.3 is 0 Å². The first-order valence-electron chi connectivity index (χ1n) is 5.36. The van der Waals surface area contributed by atoms with Gasteiger partial charge < -0.3 is 5.32 Å². The van der Waals surface area contributed by atoms with Gasteiger partial charge in [0.15, 0.2) is 0 Å². The minimum atomic E-state index is -0.0153. The summed E-state index contributed by atoms with van der Waals surface area (Å²) >= 11 is 7.86. The van der Waals surface area contributed by atoms with Crippen molar-refractivity contribution < 1.29 is 0 Å². The molecule has 2 aromatic rings. The van der Waals surface area contributed by atoms with Crippen LogP contribution in [0, 0.1) is 3.57 Å². The minimum Gasteiger partial charge on any atom is -0.383 e. The zero-order chi connectivity index (χ0) is 13.0. The number of rotatable bonds is 4. The Morgan fingerprint density at radius 1 is 1.44 bits per heavy atom. The average Bonchev–Trinajstić information content (AvgIpc) is 2.35. The van der Waals surface area contributed by atoms with Crippen LogP contribution in [0.2, 0.25) is 5.02 Å². The third-order valence-corrected chi connectivity index (χ3v) is 3.34. The lowest BCUT2D eigenvalue weighted by Crippen LogP contribution is -2.25. The van der Waals surface area contributed by atoms with Gasteiger partial charge in [0.2, 0.25) is 0 Å². The number of benzene rings is 1. The zero-order valence-electron chi connectivity index (χ0n) is 9.44. The van der Waals surface area contributed by atoms with Crippen LogP contribution in [0.25, 0.3) is 0 Å². The first kappa shape index (κ1) is 13.4. The molecule has 0 unspecified atom stereocenters. The lowest BCUT2D eigenvalue weighted by atomic mass is 10.3. The summed E-state index contributed by atoms with van der Waals surface area (Å²) in [6, 6.07) is 7.48. The number of anilines is 1. The van der Waals surface area contributed by atoms with Crippen molar-refractivity contribution >= 4 is 39.9 Å². The maximum absolute atomic E-state index is 11.7. The number of nitrogens with zero attached hydrogens (tertiary/aromatic N) is 2. The van der Waals surface area contributed by atoms with Crippen LogP contribution >= 0.6 is 34.2 Å². The molecule has 0 bridgehead atoms. The van der Waals surface area contributed by atoms with Crippen molar-refractivity contribution in [3.8, 4) is 0 Å². The van der Waals surface area contributed by atoms with Crippen LogP contribution in [-0.2, 0) is 6.54 Å². The second-order valence-corrected chi connectivity index (χ2v) is 5.28. The van der Waals surface area contributed by atoms with Crippen molar-refractivity contribution in [2.75, 3.05) is 11.9 Å². The lowest BCUT2D eigenvalue weighted by Gasteiger charge is -2.08. The molecule has 0 amide bonds. The second kappa shape index (κ2) is 6.19. The summed E-state index contributed by atoms with van der Waals surface area (Å²) in [5, 5.41) is 3.89. The number of aromatic nitrogens is 2. The standard InChI is InChI=1S/C12H11ClIN3O/c13-9-2-1-3-10(6-9)16-4-5-17-8-15-7-11(14)12(17)18/h1-3,6-8,16H,4-5H2. The van der Waals surface area contributed by atoms with Gasteiger partial charge in [0.1, 0.15) is 0 Å². The molecule has 0 saturated carbocycles. The van der Waals surface area contributed by atoms with Gasteiger partial charge in [-0.1, -0.05) is 17.7 Å². The van der Waals surface area contributed by atoms with E-state index in [2.05, 4.69) is 10.3 Å². The van der Waals surface area contributed by atoms with Gasteiger partial charge in [-0.2, -0.15) is 0 Å². The summed E-state index contributed by atoms with van der Waals surface area (Å²) in [6.45, 7) is 1.21. The molecule has 94 valence electrons. The topological polar surface area (TPSA) is 46.9 Å². The lowest BCUT2D eigenvalue weighted by molar-refractivity contribution is 0.676. The van der Waals surface area contributed by atoms with E-state index in [9.17, 15) is 4.79 Å².